The van der Waals surface area contributed by atoms with E-state index in [0.29, 0.717) is 49.4 Å². The summed E-state index contributed by atoms with van der Waals surface area (Å²) in [5.41, 5.74) is 2.90. The fourth-order valence-electron chi connectivity index (χ4n) is 3.77. The number of rotatable bonds is 3. The van der Waals surface area contributed by atoms with Gasteiger partial charge in [-0.3, -0.25) is 4.79 Å². The first-order valence-electron chi connectivity index (χ1n) is 9.54. The van der Waals surface area contributed by atoms with Crippen LogP contribution in [0, 0.1) is 0 Å². The number of aryl methyl sites for hydroxylation is 1. The highest BCUT2D eigenvalue weighted by Crippen LogP contribution is 2.33. The molecule has 2 aliphatic rings. The van der Waals surface area contributed by atoms with Crippen molar-refractivity contribution in [1.29, 1.82) is 0 Å². The summed E-state index contributed by atoms with van der Waals surface area (Å²) >= 11 is 0. The van der Waals surface area contributed by atoms with E-state index >= 15 is 0 Å². The molecular formula is C21H21F3N2O3. The lowest BCUT2D eigenvalue weighted by Crippen LogP contribution is -2.36. The smallest absolute Gasteiger partial charge is 0.406 e. The number of halogens is 3. The summed E-state index contributed by atoms with van der Waals surface area (Å²) in [6.07, 6.45) is -3.45. The molecule has 0 aliphatic carbocycles. The van der Waals surface area contributed by atoms with Crippen molar-refractivity contribution in [1.82, 2.24) is 0 Å². The van der Waals surface area contributed by atoms with Crippen LogP contribution < -0.4 is 14.5 Å². The zero-order chi connectivity index (χ0) is 20.4. The maximum atomic E-state index is 13.0. The standard InChI is InChI=1S/C21H21F3N2O3/c22-21(23,24)29-18-7-8-19-16(14-18)2-1-9-26(19)20(27)15-3-5-17(6-4-15)25-10-12-28-13-11-25/h3-8,14H,1-2,9-13H2. The largest absolute Gasteiger partial charge is 0.573 e. The van der Waals surface area contributed by atoms with Crippen molar-refractivity contribution < 1.29 is 27.4 Å². The number of benzene rings is 2. The number of hydrogen-bond acceptors (Lipinski definition) is 4. The second-order valence-corrected chi connectivity index (χ2v) is 7.04. The van der Waals surface area contributed by atoms with Gasteiger partial charge in [-0.05, 0) is 60.9 Å². The molecule has 1 amide bonds. The van der Waals surface area contributed by atoms with E-state index in [9.17, 15) is 18.0 Å². The number of fused-ring (bicyclic) bond motifs is 1. The van der Waals surface area contributed by atoms with Crippen molar-refractivity contribution in [2.24, 2.45) is 0 Å². The van der Waals surface area contributed by atoms with E-state index in [0.717, 1.165) is 18.8 Å². The molecular weight excluding hydrogens is 385 g/mol. The fourth-order valence-corrected chi connectivity index (χ4v) is 3.77. The fraction of sp³-hybridized carbons (Fsp3) is 0.381. The lowest BCUT2D eigenvalue weighted by Gasteiger charge is -2.31. The number of nitrogens with zero attached hydrogens (tertiary/aromatic N) is 2. The van der Waals surface area contributed by atoms with Gasteiger partial charge in [-0.15, -0.1) is 13.2 Å². The van der Waals surface area contributed by atoms with Crippen molar-refractivity contribution in [3.63, 3.8) is 0 Å². The molecule has 8 heteroatoms. The molecule has 0 saturated carbocycles. The van der Waals surface area contributed by atoms with Crippen LogP contribution in [-0.4, -0.2) is 45.1 Å². The summed E-state index contributed by atoms with van der Waals surface area (Å²) in [4.78, 5) is 16.9. The minimum Gasteiger partial charge on any atom is -0.406 e. The van der Waals surface area contributed by atoms with Gasteiger partial charge in [0.25, 0.3) is 5.91 Å². The monoisotopic (exact) mass is 406 g/mol. The van der Waals surface area contributed by atoms with Crippen LogP contribution in [0.25, 0.3) is 0 Å². The number of hydrogen-bond donors (Lipinski definition) is 0. The van der Waals surface area contributed by atoms with Gasteiger partial charge in [-0.1, -0.05) is 0 Å². The Morgan fingerprint density at radius 3 is 2.41 bits per heavy atom. The van der Waals surface area contributed by atoms with Crippen molar-refractivity contribution in [2.75, 3.05) is 42.6 Å². The zero-order valence-electron chi connectivity index (χ0n) is 15.7. The lowest BCUT2D eigenvalue weighted by molar-refractivity contribution is -0.274. The molecule has 1 fully saturated rings. The van der Waals surface area contributed by atoms with Crippen LogP contribution in [-0.2, 0) is 11.2 Å². The second-order valence-electron chi connectivity index (χ2n) is 7.04. The first-order valence-corrected chi connectivity index (χ1v) is 9.54. The molecule has 2 aromatic rings. The van der Waals surface area contributed by atoms with E-state index in [4.69, 9.17) is 4.74 Å². The molecule has 0 radical (unpaired) electrons. The summed E-state index contributed by atoms with van der Waals surface area (Å²) < 4.78 is 46.8. The lowest BCUT2D eigenvalue weighted by atomic mass is 10.00. The van der Waals surface area contributed by atoms with Gasteiger partial charge in [0.05, 0.1) is 13.2 Å². The van der Waals surface area contributed by atoms with Crippen LogP contribution in [0.4, 0.5) is 24.5 Å². The number of anilines is 2. The predicted molar refractivity (Wildman–Crippen MR) is 103 cm³/mol. The average molecular weight is 406 g/mol. The van der Waals surface area contributed by atoms with Crippen molar-refractivity contribution in [3.8, 4) is 5.75 Å². The summed E-state index contributed by atoms with van der Waals surface area (Å²) in [6.45, 7) is 3.53. The first-order chi connectivity index (χ1) is 13.9. The van der Waals surface area contributed by atoms with Gasteiger partial charge in [-0.25, -0.2) is 0 Å². The van der Waals surface area contributed by atoms with E-state index in [2.05, 4.69) is 9.64 Å². The quantitative estimate of drug-likeness (QED) is 0.772. The van der Waals surface area contributed by atoms with Crippen molar-refractivity contribution in [3.05, 3.63) is 53.6 Å². The average Bonchev–Trinajstić information content (AvgIpc) is 2.72. The summed E-state index contributed by atoms with van der Waals surface area (Å²) in [7, 11) is 0. The van der Waals surface area contributed by atoms with Crippen LogP contribution in [0.1, 0.15) is 22.3 Å². The van der Waals surface area contributed by atoms with Gasteiger partial charge in [-0.2, -0.15) is 0 Å². The van der Waals surface area contributed by atoms with Gasteiger partial charge >= 0.3 is 6.36 Å². The molecule has 0 unspecified atom stereocenters. The Kier molecular flexibility index (Phi) is 5.36. The number of ether oxygens (including phenoxy) is 2. The van der Waals surface area contributed by atoms with E-state index in [-0.39, 0.29) is 11.7 Å². The van der Waals surface area contributed by atoms with Gasteiger partial charge in [0.1, 0.15) is 5.75 Å². The molecule has 0 spiro atoms. The maximum absolute atomic E-state index is 13.0. The Hall–Kier alpha value is -2.74. The van der Waals surface area contributed by atoms with Crippen LogP contribution in [0.3, 0.4) is 0 Å². The molecule has 0 aromatic heterocycles. The van der Waals surface area contributed by atoms with Crippen molar-refractivity contribution >= 4 is 17.3 Å². The number of carbonyl (C=O) groups excluding carboxylic acids is 1. The van der Waals surface area contributed by atoms with Gasteiger partial charge in [0.2, 0.25) is 0 Å². The van der Waals surface area contributed by atoms with Crippen molar-refractivity contribution in [2.45, 2.75) is 19.2 Å². The van der Waals surface area contributed by atoms with E-state index in [1.807, 2.05) is 12.1 Å². The van der Waals surface area contributed by atoms with Crippen LogP contribution >= 0.6 is 0 Å². The Balaban J connectivity index is 1.52. The SMILES string of the molecule is O=C(c1ccc(N2CCOCC2)cc1)N1CCCc2cc(OC(F)(F)F)ccc21. The van der Waals surface area contributed by atoms with Crippen LogP contribution in [0.15, 0.2) is 42.5 Å². The highest BCUT2D eigenvalue weighted by atomic mass is 19.4. The molecule has 5 nitrogen and oxygen atoms in total. The molecule has 0 atom stereocenters. The van der Waals surface area contributed by atoms with Gasteiger partial charge < -0.3 is 19.3 Å². The Morgan fingerprint density at radius 1 is 1.00 bits per heavy atom. The molecule has 2 aromatic carbocycles. The van der Waals surface area contributed by atoms with Crippen LogP contribution in [0.2, 0.25) is 0 Å². The highest BCUT2D eigenvalue weighted by molar-refractivity contribution is 6.07. The third-order valence-electron chi connectivity index (χ3n) is 5.14. The molecule has 4 rings (SSSR count). The first kappa shape index (κ1) is 19.6. The topological polar surface area (TPSA) is 42.0 Å². The number of morpholine rings is 1. The molecule has 0 N–H and O–H groups in total. The van der Waals surface area contributed by atoms with Gasteiger partial charge in [0, 0.05) is 36.6 Å². The predicted octanol–water partition coefficient (Wildman–Crippen LogP) is 4.01. The number of carbonyl (C=O) groups is 1. The van der Waals surface area contributed by atoms with E-state index < -0.39 is 6.36 Å². The minimum atomic E-state index is -4.74. The normalized spacial score (nSPS) is 17.1. The zero-order valence-corrected chi connectivity index (χ0v) is 15.7. The number of alkyl halides is 3. The Bertz CT molecular complexity index is 878. The molecule has 1 saturated heterocycles. The van der Waals surface area contributed by atoms with Gasteiger partial charge in [0.15, 0.2) is 0 Å². The van der Waals surface area contributed by atoms with E-state index in [1.54, 1.807) is 17.0 Å². The second kappa shape index (κ2) is 7.94. The minimum absolute atomic E-state index is 0.163. The maximum Gasteiger partial charge on any atom is 0.573 e. The Morgan fingerprint density at radius 2 is 1.72 bits per heavy atom. The molecule has 2 heterocycles. The summed E-state index contributed by atoms with van der Waals surface area (Å²) in [5.74, 6) is -0.426. The number of amides is 1. The molecule has 154 valence electrons. The molecule has 2 aliphatic heterocycles. The molecule has 29 heavy (non-hydrogen) atoms. The Labute approximate surface area is 166 Å². The summed E-state index contributed by atoms with van der Waals surface area (Å²) in [6, 6.07) is 11.6. The summed E-state index contributed by atoms with van der Waals surface area (Å²) in [5, 5.41) is 0. The third-order valence-corrected chi connectivity index (χ3v) is 5.14. The van der Waals surface area contributed by atoms with Crippen LogP contribution in [0.5, 0.6) is 5.75 Å². The highest BCUT2D eigenvalue weighted by Gasteiger charge is 2.32. The molecule has 0 bridgehead atoms. The third kappa shape index (κ3) is 4.48. The van der Waals surface area contributed by atoms with E-state index in [1.165, 1.54) is 18.2 Å².